The molecule has 0 saturated heterocycles. The van der Waals surface area contributed by atoms with E-state index in [1.807, 2.05) is 0 Å². The van der Waals surface area contributed by atoms with E-state index in [1.54, 1.807) is 0 Å². The van der Waals surface area contributed by atoms with E-state index in [2.05, 4.69) is 110 Å². The van der Waals surface area contributed by atoms with Crippen LogP contribution in [0.15, 0.2) is 103 Å². The molecule has 0 amide bonds. The third-order valence-corrected chi connectivity index (χ3v) is 6.03. The molecule has 0 saturated carbocycles. The van der Waals surface area contributed by atoms with Crippen LogP contribution < -0.4 is 0 Å². The maximum absolute atomic E-state index is 2.44. The Morgan fingerprint density at radius 1 is 0.500 bits per heavy atom. The van der Waals surface area contributed by atoms with Crippen molar-refractivity contribution in [3.05, 3.63) is 109 Å². The van der Waals surface area contributed by atoms with Crippen LogP contribution in [0.1, 0.15) is 25.3 Å². The molecule has 146 valence electrons. The van der Waals surface area contributed by atoms with Crippen LogP contribution in [-0.2, 0) is 6.42 Å². The fraction of sp³-hybridized carbons (Fsp3) is 0.133. The Bertz CT molecular complexity index is 1300. The van der Waals surface area contributed by atoms with Crippen LogP contribution in [0.5, 0.6) is 0 Å². The first-order valence-electron chi connectivity index (χ1n) is 10.9. The first-order chi connectivity index (χ1) is 14.9. The van der Waals surface area contributed by atoms with E-state index >= 15 is 0 Å². The molecule has 0 heteroatoms. The maximum atomic E-state index is 2.44. The Kier molecular flexibility index (Phi) is 5.07. The fourth-order valence-corrected chi connectivity index (χ4v) is 4.58. The summed E-state index contributed by atoms with van der Waals surface area (Å²) in [5.41, 5.74) is 6.65. The summed E-state index contributed by atoms with van der Waals surface area (Å²) in [4.78, 5) is 0. The fourth-order valence-electron chi connectivity index (χ4n) is 4.58. The smallest absolute Gasteiger partial charge is 0.00203 e. The van der Waals surface area contributed by atoms with E-state index in [-0.39, 0.29) is 0 Å². The molecule has 0 aliphatic carbocycles. The Hall–Kier alpha value is -3.38. The highest BCUT2D eigenvalue weighted by molar-refractivity contribution is 6.21. The lowest BCUT2D eigenvalue weighted by Crippen LogP contribution is -1.93. The summed E-state index contributed by atoms with van der Waals surface area (Å²) < 4.78 is 0. The number of aryl methyl sites for hydroxylation is 1. The predicted molar refractivity (Wildman–Crippen MR) is 131 cm³/mol. The summed E-state index contributed by atoms with van der Waals surface area (Å²) in [5, 5.41) is 5.33. The first kappa shape index (κ1) is 18.6. The van der Waals surface area contributed by atoms with Gasteiger partial charge in [-0.25, -0.2) is 0 Å². The summed E-state index contributed by atoms with van der Waals surface area (Å²) >= 11 is 0. The van der Waals surface area contributed by atoms with Crippen molar-refractivity contribution >= 4 is 21.5 Å². The Morgan fingerprint density at radius 3 is 1.67 bits per heavy atom. The number of rotatable bonds is 5. The highest BCUT2D eigenvalue weighted by Crippen LogP contribution is 2.44. The lowest BCUT2D eigenvalue weighted by atomic mass is 9.84. The lowest BCUT2D eigenvalue weighted by Gasteiger charge is -2.19. The number of unbranched alkanes of at least 4 members (excludes halogenated alkanes) is 1. The Balaban J connectivity index is 1.95. The van der Waals surface area contributed by atoms with Gasteiger partial charge in [0.25, 0.3) is 0 Å². The molecule has 0 spiro atoms. The number of hydrogen-bond acceptors (Lipinski definition) is 0. The highest BCUT2D eigenvalue weighted by atomic mass is 14.2. The van der Waals surface area contributed by atoms with E-state index in [0.717, 1.165) is 6.42 Å². The van der Waals surface area contributed by atoms with E-state index < -0.39 is 0 Å². The molecule has 30 heavy (non-hydrogen) atoms. The number of benzene rings is 5. The molecule has 5 aromatic carbocycles. The lowest BCUT2D eigenvalue weighted by molar-refractivity contribution is 0.796. The molecular formula is C30H26. The normalized spacial score (nSPS) is 11.2. The molecular weight excluding hydrogens is 360 g/mol. The van der Waals surface area contributed by atoms with Gasteiger partial charge in [0.05, 0.1) is 0 Å². The Morgan fingerprint density at radius 2 is 1.03 bits per heavy atom. The van der Waals surface area contributed by atoms with Gasteiger partial charge in [0.2, 0.25) is 0 Å². The van der Waals surface area contributed by atoms with Gasteiger partial charge in [-0.3, -0.25) is 0 Å². The number of hydrogen-bond donors (Lipinski definition) is 0. The van der Waals surface area contributed by atoms with Gasteiger partial charge in [-0.15, -0.1) is 0 Å². The van der Waals surface area contributed by atoms with Crippen LogP contribution in [0.2, 0.25) is 0 Å². The monoisotopic (exact) mass is 386 g/mol. The largest absolute Gasteiger partial charge is 0.0654 e. The van der Waals surface area contributed by atoms with Crippen molar-refractivity contribution in [2.75, 3.05) is 0 Å². The third kappa shape index (κ3) is 3.29. The standard InChI is InChI=1S/C30H26/c1-2-3-12-22-19-20-26-25-17-10-11-18-27(25)29(23-13-6-4-7-14-23)30(28(26)21-22)24-15-8-5-9-16-24/h4-11,13-21H,2-3,12H2,1H3. The average Bonchev–Trinajstić information content (AvgIpc) is 2.82. The van der Waals surface area contributed by atoms with Crippen LogP contribution in [-0.4, -0.2) is 0 Å². The summed E-state index contributed by atoms with van der Waals surface area (Å²) in [6, 6.07) is 37.7. The molecule has 0 atom stereocenters. The van der Waals surface area contributed by atoms with Crippen molar-refractivity contribution in [2.45, 2.75) is 26.2 Å². The predicted octanol–water partition coefficient (Wildman–Crippen LogP) is 8.67. The second-order valence-corrected chi connectivity index (χ2v) is 8.01. The summed E-state index contributed by atoms with van der Waals surface area (Å²) in [5.74, 6) is 0. The van der Waals surface area contributed by atoms with Crippen molar-refractivity contribution < 1.29 is 0 Å². The van der Waals surface area contributed by atoms with Gasteiger partial charge in [-0.2, -0.15) is 0 Å². The van der Waals surface area contributed by atoms with Crippen LogP contribution >= 0.6 is 0 Å². The zero-order valence-corrected chi connectivity index (χ0v) is 17.4. The van der Waals surface area contributed by atoms with Crippen molar-refractivity contribution in [1.29, 1.82) is 0 Å². The second kappa shape index (κ2) is 8.16. The summed E-state index contributed by atoms with van der Waals surface area (Å²) in [6.45, 7) is 2.26. The molecule has 0 aromatic heterocycles. The molecule has 0 nitrogen and oxygen atoms in total. The number of fused-ring (bicyclic) bond motifs is 3. The van der Waals surface area contributed by atoms with Crippen LogP contribution in [0.4, 0.5) is 0 Å². The third-order valence-electron chi connectivity index (χ3n) is 6.03. The highest BCUT2D eigenvalue weighted by Gasteiger charge is 2.17. The van der Waals surface area contributed by atoms with Gasteiger partial charge < -0.3 is 0 Å². The van der Waals surface area contributed by atoms with E-state index in [9.17, 15) is 0 Å². The second-order valence-electron chi connectivity index (χ2n) is 8.01. The van der Waals surface area contributed by atoms with Gasteiger partial charge in [0, 0.05) is 0 Å². The molecule has 0 heterocycles. The topological polar surface area (TPSA) is 0 Å². The molecule has 0 aliphatic heterocycles. The van der Waals surface area contributed by atoms with Gasteiger partial charge in [0.15, 0.2) is 0 Å². The first-order valence-corrected chi connectivity index (χ1v) is 10.9. The van der Waals surface area contributed by atoms with E-state index in [0.29, 0.717) is 0 Å². The van der Waals surface area contributed by atoms with Crippen molar-refractivity contribution in [2.24, 2.45) is 0 Å². The van der Waals surface area contributed by atoms with Crippen LogP contribution in [0.25, 0.3) is 43.8 Å². The zero-order chi connectivity index (χ0) is 20.3. The molecule has 0 bridgehead atoms. The Labute approximate surface area is 178 Å². The van der Waals surface area contributed by atoms with Gasteiger partial charge >= 0.3 is 0 Å². The maximum Gasteiger partial charge on any atom is -0.00203 e. The molecule has 5 aromatic rings. The molecule has 0 fully saturated rings. The minimum atomic E-state index is 1.13. The molecule has 5 rings (SSSR count). The van der Waals surface area contributed by atoms with Gasteiger partial charge in [-0.1, -0.05) is 116 Å². The molecule has 0 aliphatic rings. The molecule has 0 unspecified atom stereocenters. The molecule has 0 radical (unpaired) electrons. The van der Waals surface area contributed by atoms with Crippen molar-refractivity contribution in [3.63, 3.8) is 0 Å². The molecule has 0 N–H and O–H groups in total. The van der Waals surface area contributed by atoms with Crippen LogP contribution in [0.3, 0.4) is 0 Å². The average molecular weight is 387 g/mol. The minimum absolute atomic E-state index is 1.13. The zero-order valence-electron chi connectivity index (χ0n) is 17.4. The summed E-state index contributed by atoms with van der Waals surface area (Å²) in [7, 11) is 0. The summed E-state index contributed by atoms with van der Waals surface area (Å²) in [6.07, 6.45) is 3.58. The van der Waals surface area contributed by atoms with Gasteiger partial charge in [0.1, 0.15) is 0 Å². The van der Waals surface area contributed by atoms with Crippen LogP contribution in [0, 0.1) is 0 Å². The van der Waals surface area contributed by atoms with Gasteiger partial charge in [-0.05, 0) is 62.2 Å². The van der Waals surface area contributed by atoms with Crippen molar-refractivity contribution in [3.8, 4) is 22.3 Å². The van der Waals surface area contributed by atoms with E-state index in [1.165, 1.54) is 62.2 Å². The van der Waals surface area contributed by atoms with E-state index in [4.69, 9.17) is 0 Å². The minimum Gasteiger partial charge on any atom is -0.0654 e. The SMILES string of the molecule is CCCCc1ccc2c(c1)c(-c1ccccc1)c(-c1ccccc1)c1ccccc12. The van der Waals surface area contributed by atoms with Crippen molar-refractivity contribution in [1.82, 2.24) is 0 Å². The quantitative estimate of drug-likeness (QED) is 0.265.